The molecule has 3 rings (SSSR count). The molecule has 0 spiro atoms. The number of nitriles is 1. The largest absolute Gasteiger partial charge is 0.344 e. The summed E-state index contributed by atoms with van der Waals surface area (Å²) in [5.41, 5.74) is 1.61. The van der Waals surface area contributed by atoms with Gasteiger partial charge in [0, 0.05) is 15.6 Å². The summed E-state index contributed by atoms with van der Waals surface area (Å²) < 4.78 is 0. The van der Waals surface area contributed by atoms with Gasteiger partial charge in [-0.15, -0.1) is 0 Å². The van der Waals surface area contributed by atoms with E-state index in [1.807, 2.05) is 6.07 Å². The van der Waals surface area contributed by atoms with E-state index in [4.69, 9.17) is 28.5 Å². The zero-order valence-electron chi connectivity index (χ0n) is 13.8. The van der Waals surface area contributed by atoms with Crippen LogP contribution in [0.15, 0.2) is 42.5 Å². The molecule has 0 saturated heterocycles. The molecule has 2 aromatic rings. The molecule has 3 atom stereocenters. The van der Waals surface area contributed by atoms with Crippen molar-refractivity contribution in [2.45, 2.75) is 24.9 Å². The minimum absolute atomic E-state index is 0.283. The topological polar surface area (TPSA) is 82.0 Å². The molecular weight excluding hydrogens is 373 g/mol. The summed E-state index contributed by atoms with van der Waals surface area (Å²) in [5, 5.41) is 15.3. The molecule has 132 valence electrons. The summed E-state index contributed by atoms with van der Waals surface area (Å²) >= 11 is 12.3. The van der Waals surface area contributed by atoms with Gasteiger partial charge >= 0.3 is 0 Å². The molecule has 1 heterocycles. The molecule has 2 aromatic carbocycles. The highest BCUT2D eigenvalue weighted by atomic mass is 35.5. The lowest BCUT2D eigenvalue weighted by Crippen LogP contribution is -2.46. The van der Waals surface area contributed by atoms with E-state index in [0.717, 1.165) is 0 Å². The van der Waals surface area contributed by atoms with Crippen LogP contribution in [0, 0.1) is 11.3 Å². The number of fused-ring (bicyclic) bond motifs is 1. The normalized spacial score (nSPS) is 19.7. The maximum absolute atomic E-state index is 12.9. The van der Waals surface area contributed by atoms with E-state index in [1.54, 1.807) is 49.4 Å². The van der Waals surface area contributed by atoms with Gasteiger partial charge in [-0.05, 0) is 36.2 Å². The lowest BCUT2D eigenvalue weighted by Gasteiger charge is -2.34. The molecule has 0 bridgehead atoms. The Hall–Kier alpha value is -2.55. The van der Waals surface area contributed by atoms with Crippen molar-refractivity contribution in [3.8, 4) is 6.07 Å². The Kier molecular flexibility index (Phi) is 5.17. The van der Waals surface area contributed by atoms with Crippen LogP contribution < -0.4 is 10.6 Å². The van der Waals surface area contributed by atoms with Crippen LogP contribution in [0.2, 0.25) is 10.0 Å². The fourth-order valence-corrected chi connectivity index (χ4v) is 3.62. The van der Waals surface area contributed by atoms with Gasteiger partial charge in [0.2, 0.25) is 5.91 Å². The van der Waals surface area contributed by atoms with Crippen molar-refractivity contribution >= 4 is 35.0 Å². The van der Waals surface area contributed by atoms with Crippen molar-refractivity contribution in [1.29, 1.82) is 5.26 Å². The standard InChI is InChI=1S/C19H15Cl2N3O2/c1-10(9-22)23-19(26)16-12-4-2-3-5-13(12)18(25)24-17(16)14-7-6-11(20)8-15(14)21/h2-8,10,16-17H,1H3,(H,23,26)(H,24,25)/t10?,16-,17+/m1/s1. The van der Waals surface area contributed by atoms with Crippen molar-refractivity contribution < 1.29 is 9.59 Å². The molecule has 1 aliphatic rings. The number of hydrogen-bond donors (Lipinski definition) is 2. The van der Waals surface area contributed by atoms with E-state index in [9.17, 15) is 9.59 Å². The molecule has 26 heavy (non-hydrogen) atoms. The summed E-state index contributed by atoms with van der Waals surface area (Å²) in [6, 6.07) is 12.5. The Balaban J connectivity index is 2.11. The molecule has 1 unspecified atom stereocenters. The molecule has 0 saturated carbocycles. The Labute approximate surface area is 160 Å². The lowest BCUT2D eigenvalue weighted by molar-refractivity contribution is -0.123. The number of carbonyl (C=O) groups excluding carboxylic acids is 2. The van der Waals surface area contributed by atoms with E-state index in [2.05, 4.69) is 10.6 Å². The third-order valence-electron chi connectivity index (χ3n) is 4.29. The fourth-order valence-electron chi connectivity index (χ4n) is 3.10. The van der Waals surface area contributed by atoms with Crippen LogP contribution >= 0.6 is 23.2 Å². The van der Waals surface area contributed by atoms with Gasteiger partial charge in [-0.1, -0.05) is 47.5 Å². The van der Waals surface area contributed by atoms with Gasteiger partial charge in [-0.25, -0.2) is 0 Å². The van der Waals surface area contributed by atoms with Gasteiger partial charge in [-0.2, -0.15) is 5.26 Å². The highest BCUT2D eigenvalue weighted by Crippen LogP contribution is 2.40. The van der Waals surface area contributed by atoms with Crippen molar-refractivity contribution in [1.82, 2.24) is 10.6 Å². The third kappa shape index (κ3) is 3.39. The smallest absolute Gasteiger partial charge is 0.252 e. The highest BCUT2D eigenvalue weighted by Gasteiger charge is 2.40. The first-order valence-electron chi connectivity index (χ1n) is 7.97. The van der Waals surface area contributed by atoms with Gasteiger partial charge in [0.05, 0.1) is 18.0 Å². The van der Waals surface area contributed by atoms with Crippen molar-refractivity contribution in [2.75, 3.05) is 0 Å². The van der Waals surface area contributed by atoms with Gasteiger partial charge in [0.1, 0.15) is 6.04 Å². The second-order valence-corrected chi connectivity index (χ2v) is 6.88. The molecule has 2 amide bonds. The van der Waals surface area contributed by atoms with E-state index < -0.39 is 18.0 Å². The lowest BCUT2D eigenvalue weighted by atomic mass is 9.80. The summed E-state index contributed by atoms with van der Waals surface area (Å²) in [7, 11) is 0. The van der Waals surface area contributed by atoms with Gasteiger partial charge in [0.25, 0.3) is 5.91 Å². The molecular formula is C19H15Cl2N3O2. The summed E-state index contributed by atoms with van der Waals surface area (Å²) in [6.07, 6.45) is 0. The minimum Gasteiger partial charge on any atom is -0.344 e. The maximum atomic E-state index is 12.9. The quantitative estimate of drug-likeness (QED) is 0.843. The van der Waals surface area contributed by atoms with E-state index in [-0.39, 0.29) is 11.8 Å². The zero-order chi connectivity index (χ0) is 18.8. The molecule has 2 N–H and O–H groups in total. The van der Waals surface area contributed by atoms with Crippen molar-refractivity contribution in [3.05, 3.63) is 69.2 Å². The fraction of sp³-hybridized carbons (Fsp3) is 0.211. The number of amides is 2. The number of carbonyl (C=O) groups is 2. The number of rotatable bonds is 3. The first kappa shape index (κ1) is 18.2. The predicted molar refractivity (Wildman–Crippen MR) is 99.1 cm³/mol. The Morgan fingerprint density at radius 2 is 1.96 bits per heavy atom. The molecule has 0 fully saturated rings. The molecule has 5 nitrogen and oxygen atoms in total. The minimum atomic E-state index is -0.724. The number of nitrogens with one attached hydrogen (secondary N) is 2. The van der Waals surface area contributed by atoms with Crippen molar-refractivity contribution in [3.63, 3.8) is 0 Å². The Morgan fingerprint density at radius 1 is 1.23 bits per heavy atom. The second kappa shape index (κ2) is 7.36. The summed E-state index contributed by atoms with van der Waals surface area (Å²) in [4.78, 5) is 25.4. The second-order valence-electron chi connectivity index (χ2n) is 6.04. The first-order chi connectivity index (χ1) is 12.4. The van der Waals surface area contributed by atoms with E-state index >= 15 is 0 Å². The third-order valence-corrected chi connectivity index (χ3v) is 4.86. The summed E-state index contributed by atoms with van der Waals surface area (Å²) in [5.74, 6) is -1.37. The monoisotopic (exact) mass is 387 g/mol. The number of hydrogen-bond acceptors (Lipinski definition) is 3. The summed E-state index contributed by atoms with van der Waals surface area (Å²) in [6.45, 7) is 1.59. The number of nitrogens with zero attached hydrogens (tertiary/aromatic N) is 1. The first-order valence-corrected chi connectivity index (χ1v) is 8.72. The molecule has 7 heteroatoms. The Bertz CT molecular complexity index is 923. The van der Waals surface area contributed by atoms with Crippen LogP contribution in [0.1, 0.15) is 40.4 Å². The van der Waals surface area contributed by atoms with Gasteiger partial charge < -0.3 is 10.6 Å². The molecule has 1 aliphatic heterocycles. The molecule has 0 aliphatic carbocycles. The SMILES string of the molecule is CC(C#N)NC(=O)[C@@H]1c2ccccc2C(=O)N[C@H]1c1ccc(Cl)cc1Cl. The van der Waals surface area contributed by atoms with Gasteiger partial charge in [-0.3, -0.25) is 9.59 Å². The average molecular weight is 388 g/mol. The van der Waals surface area contributed by atoms with Crippen LogP contribution in [0.25, 0.3) is 0 Å². The zero-order valence-corrected chi connectivity index (χ0v) is 15.3. The van der Waals surface area contributed by atoms with Gasteiger partial charge in [0.15, 0.2) is 0 Å². The maximum Gasteiger partial charge on any atom is 0.252 e. The van der Waals surface area contributed by atoms with E-state index in [0.29, 0.717) is 26.7 Å². The average Bonchev–Trinajstić information content (AvgIpc) is 2.61. The highest BCUT2D eigenvalue weighted by molar-refractivity contribution is 6.35. The van der Waals surface area contributed by atoms with Crippen molar-refractivity contribution in [2.24, 2.45) is 0 Å². The molecule has 0 radical (unpaired) electrons. The van der Waals surface area contributed by atoms with E-state index in [1.165, 1.54) is 0 Å². The predicted octanol–water partition coefficient (Wildman–Crippen LogP) is 3.59. The molecule has 0 aromatic heterocycles. The number of benzene rings is 2. The van der Waals surface area contributed by atoms with Crippen LogP contribution in [0.4, 0.5) is 0 Å². The van der Waals surface area contributed by atoms with Crippen LogP contribution in [0.5, 0.6) is 0 Å². The Morgan fingerprint density at radius 3 is 2.65 bits per heavy atom. The van der Waals surface area contributed by atoms with Crippen LogP contribution in [0.3, 0.4) is 0 Å². The van der Waals surface area contributed by atoms with Crippen LogP contribution in [-0.2, 0) is 4.79 Å². The number of halogens is 2. The van der Waals surface area contributed by atoms with Crippen LogP contribution in [-0.4, -0.2) is 17.9 Å².